The van der Waals surface area contributed by atoms with Gasteiger partial charge in [-0.1, -0.05) is 5.11 Å². The number of anilines is 1. The lowest BCUT2D eigenvalue weighted by Crippen LogP contribution is -2.30. The van der Waals surface area contributed by atoms with Gasteiger partial charge in [0.15, 0.2) is 17.7 Å². The summed E-state index contributed by atoms with van der Waals surface area (Å²) in [6.45, 7) is -0.286. The van der Waals surface area contributed by atoms with E-state index in [0.717, 1.165) is 0 Å². The molecular formula is C11H14N8O3. The fraction of sp³-hybridized carbons (Fsp3) is 0.545. The van der Waals surface area contributed by atoms with Crippen LogP contribution < -0.4 is 5.73 Å². The predicted molar refractivity (Wildman–Crippen MR) is 74.2 cm³/mol. The molecule has 0 bridgehead atoms. The highest BCUT2D eigenvalue weighted by molar-refractivity contribution is 5.81. The molecule has 1 aliphatic rings. The first-order valence-corrected chi connectivity index (χ1v) is 6.55. The lowest BCUT2D eigenvalue weighted by molar-refractivity contribution is -0.0492. The van der Waals surface area contributed by atoms with Crippen molar-refractivity contribution in [2.75, 3.05) is 18.9 Å². The summed E-state index contributed by atoms with van der Waals surface area (Å²) in [6, 6.07) is 0. The van der Waals surface area contributed by atoms with E-state index in [0.29, 0.717) is 11.2 Å². The summed E-state index contributed by atoms with van der Waals surface area (Å²) in [6.07, 6.45) is 0.278. The molecular weight excluding hydrogens is 292 g/mol. The van der Waals surface area contributed by atoms with Crippen LogP contribution in [-0.4, -0.2) is 55.1 Å². The summed E-state index contributed by atoms with van der Waals surface area (Å²) in [7, 11) is 0. The summed E-state index contributed by atoms with van der Waals surface area (Å²) in [5, 5.41) is 23.3. The maximum atomic E-state index is 10.4. The number of imidazole rings is 1. The number of aliphatic hydroxyl groups is 2. The minimum Gasteiger partial charge on any atom is -0.394 e. The molecule has 2 aromatic rings. The molecule has 1 unspecified atom stereocenters. The van der Waals surface area contributed by atoms with Crippen LogP contribution in [0, 0.1) is 5.92 Å². The van der Waals surface area contributed by atoms with Crippen LogP contribution in [-0.2, 0) is 4.74 Å². The van der Waals surface area contributed by atoms with Crippen LogP contribution in [0.4, 0.5) is 5.82 Å². The smallest absolute Gasteiger partial charge is 0.167 e. The maximum Gasteiger partial charge on any atom is 0.167 e. The average molecular weight is 306 g/mol. The lowest BCUT2D eigenvalue weighted by Gasteiger charge is -2.17. The monoisotopic (exact) mass is 306 g/mol. The Hall–Kier alpha value is -2.46. The number of aromatic nitrogens is 4. The molecule has 0 radical (unpaired) electrons. The standard InChI is InChI=1S/C11H14N8O3/c12-9-7-10(15-3-14-9)19(4-16-7)11-8(21)5(1-17-18-13)6(2-20)22-11/h3-6,8,11,20-21H,1-2H2,(H2,12,14,15)/t5?,6-,8-,11-/m1/s1. The number of azide groups is 1. The molecule has 3 heterocycles. The molecule has 0 saturated carbocycles. The van der Waals surface area contributed by atoms with Crippen LogP contribution in [0.2, 0.25) is 0 Å². The highest BCUT2D eigenvalue weighted by Crippen LogP contribution is 2.35. The Balaban J connectivity index is 1.97. The lowest BCUT2D eigenvalue weighted by atomic mass is 9.98. The van der Waals surface area contributed by atoms with Crippen LogP contribution in [0.3, 0.4) is 0 Å². The second kappa shape index (κ2) is 5.73. The van der Waals surface area contributed by atoms with E-state index in [4.69, 9.17) is 16.0 Å². The Labute approximate surface area is 124 Å². The van der Waals surface area contributed by atoms with Crippen molar-refractivity contribution >= 4 is 17.0 Å². The average Bonchev–Trinajstić information content (AvgIpc) is 3.07. The van der Waals surface area contributed by atoms with Gasteiger partial charge in [0.05, 0.1) is 19.0 Å². The number of hydrogen-bond acceptors (Lipinski definition) is 8. The number of aliphatic hydroxyl groups excluding tert-OH is 2. The molecule has 0 amide bonds. The molecule has 116 valence electrons. The minimum absolute atomic E-state index is 0.0170. The van der Waals surface area contributed by atoms with Crippen molar-refractivity contribution in [2.24, 2.45) is 11.0 Å². The number of nitrogens with two attached hydrogens (primary N) is 1. The Morgan fingerprint density at radius 1 is 1.45 bits per heavy atom. The van der Waals surface area contributed by atoms with Gasteiger partial charge in [-0.3, -0.25) is 4.57 Å². The van der Waals surface area contributed by atoms with Gasteiger partial charge in [0, 0.05) is 17.4 Å². The third kappa shape index (κ3) is 2.22. The van der Waals surface area contributed by atoms with Crippen molar-refractivity contribution in [1.82, 2.24) is 19.5 Å². The van der Waals surface area contributed by atoms with E-state index in [2.05, 4.69) is 25.0 Å². The summed E-state index contributed by atoms with van der Waals surface area (Å²) >= 11 is 0. The van der Waals surface area contributed by atoms with Gasteiger partial charge >= 0.3 is 0 Å². The second-order valence-electron chi connectivity index (χ2n) is 4.90. The number of nitrogens with zero attached hydrogens (tertiary/aromatic N) is 7. The summed E-state index contributed by atoms with van der Waals surface area (Å²) < 4.78 is 7.19. The maximum absolute atomic E-state index is 10.4. The normalized spacial score (nSPS) is 27.9. The third-order valence-corrected chi connectivity index (χ3v) is 3.72. The number of hydrogen-bond donors (Lipinski definition) is 3. The van der Waals surface area contributed by atoms with E-state index < -0.39 is 24.4 Å². The molecule has 0 spiro atoms. The first-order valence-electron chi connectivity index (χ1n) is 6.55. The summed E-state index contributed by atoms with van der Waals surface area (Å²) in [4.78, 5) is 14.7. The van der Waals surface area contributed by atoms with Gasteiger partial charge in [-0.25, -0.2) is 15.0 Å². The number of nitrogen functional groups attached to an aromatic ring is 1. The molecule has 11 heteroatoms. The fourth-order valence-corrected chi connectivity index (χ4v) is 2.61. The first kappa shape index (κ1) is 14.5. The quantitative estimate of drug-likeness (QED) is 0.391. The van der Waals surface area contributed by atoms with Gasteiger partial charge < -0.3 is 20.7 Å². The van der Waals surface area contributed by atoms with Gasteiger partial charge in [0.25, 0.3) is 0 Å². The van der Waals surface area contributed by atoms with Crippen LogP contribution in [0.5, 0.6) is 0 Å². The van der Waals surface area contributed by atoms with Crippen molar-refractivity contribution in [3.05, 3.63) is 23.1 Å². The number of fused-ring (bicyclic) bond motifs is 1. The van der Waals surface area contributed by atoms with Crippen molar-refractivity contribution in [2.45, 2.75) is 18.4 Å². The van der Waals surface area contributed by atoms with Gasteiger partial charge in [-0.2, -0.15) is 0 Å². The topological polar surface area (TPSA) is 168 Å². The zero-order chi connectivity index (χ0) is 15.7. The summed E-state index contributed by atoms with van der Waals surface area (Å²) in [5.74, 6) is -0.303. The highest BCUT2D eigenvalue weighted by atomic mass is 16.5. The predicted octanol–water partition coefficient (Wildman–Crippen LogP) is -0.414. The number of ether oxygens (including phenoxy) is 1. The molecule has 0 aliphatic carbocycles. The van der Waals surface area contributed by atoms with Crippen molar-refractivity contribution in [3.63, 3.8) is 0 Å². The first-order chi connectivity index (χ1) is 10.7. The van der Waals surface area contributed by atoms with Gasteiger partial charge in [0.1, 0.15) is 17.9 Å². The molecule has 3 rings (SSSR count). The molecule has 1 aliphatic heterocycles. The van der Waals surface area contributed by atoms with Crippen LogP contribution in [0.15, 0.2) is 17.8 Å². The fourth-order valence-electron chi connectivity index (χ4n) is 2.61. The number of rotatable bonds is 4. The minimum atomic E-state index is -0.990. The van der Waals surface area contributed by atoms with E-state index >= 15 is 0 Å². The van der Waals surface area contributed by atoms with Crippen LogP contribution >= 0.6 is 0 Å². The molecule has 1 fully saturated rings. The van der Waals surface area contributed by atoms with Gasteiger partial charge in [-0.05, 0) is 5.53 Å². The molecule has 22 heavy (non-hydrogen) atoms. The van der Waals surface area contributed by atoms with Gasteiger partial charge in [-0.15, -0.1) is 0 Å². The SMILES string of the molecule is [N-]=[N+]=NCC1[C@@H](O)[C@H](n2cnc3c(N)ncnc32)O[C@@H]1CO. The van der Waals surface area contributed by atoms with E-state index in [1.165, 1.54) is 17.2 Å². The molecule has 11 nitrogen and oxygen atoms in total. The molecule has 2 aromatic heterocycles. The molecule has 1 saturated heterocycles. The Morgan fingerprint density at radius 3 is 3.00 bits per heavy atom. The van der Waals surface area contributed by atoms with Crippen molar-refractivity contribution in [3.8, 4) is 0 Å². The summed E-state index contributed by atoms with van der Waals surface area (Å²) in [5.41, 5.74) is 15.0. The van der Waals surface area contributed by atoms with Crippen LogP contribution in [0.1, 0.15) is 6.23 Å². The zero-order valence-corrected chi connectivity index (χ0v) is 11.4. The van der Waals surface area contributed by atoms with Crippen molar-refractivity contribution in [1.29, 1.82) is 0 Å². The highest BCUT2D eigenvalue weighted by Gasteiger charge is 2.44. The Kier molecular flexibility index (Phi) is 3.77. The second-order valence-corrected chi connectivity index (χ2v) is 4.90. The van der Waals surface area contributed by atoms with Gasteiger partial charge in [0.2, 0.25) is 0 Å². The van der Waals surface area contributed by atoms with E-state index in [1.54, 1.807) is 0 Å². The van der Waals surface area contributed by atoms with Crippen LogP contribution in [0.25, 0.3) is 21.6 Å². The molecule has 4 N–H and O–H groups in total. The van der Waals surface area contributed by atoms with E-state index in [9.17, 15) is 10.2 Å². The largest absolute Gasteiger partial charge is 0.394 e. The molecule has 0 aromatic carbocycles. The van der Waals surface area contributed by atoms with E-state index in [1.807, 2.05) is 0 Å². The third-order valence-electron chi connectivity index (χ3n) is 3.72. The Morgan fingerprint density at radius 2 is 2.27 bits per heavy atom. The zero-order valence-electron chi connectivity index (χ0n) is 11.4. The van der Waals surface area contributed by atoms with E-state index in [-0.39, 0.29) is 19.0 Å². The van der Waals surface area contributed by atoms with Crippen molar-refractivity contribution < 1.29 is 14.9 Å². The Bertz CT molecular complexity index is 727. The molecule has 4 atom stereocenters.